The topological polar surface area (TPSA) is 42.2 Å². The summed E-state index contributed by atoms with van der Waals surface area (Å²) in [6.07, 6.45) is 4.78. The molecule has 78 valence electrons. The molecule has 0 aliphatic carbocycles. The van der Waals surface area contributed by atoms with E-state index in [9.17, 15) is 4.79 Å². The normalized spacial score (nSPS) is 10.5. The summed E-state index contributed by atoms with van der Waals surface area (Å²) in [5.41, 5.74) is 1.12. The Hall–Kier alpha value is -1.25. The number of furan rings is 1. The minimum atomic E-state index is 0.128. The fourth-order valence-corrected chi connectivity index (χ4v) is 1.22. The molecule has 0 fully saturated rings. The molecule has 1 aromatic rings. The number of carbonyl (C=O) groups is 1. The Kier molecular flexibility index (Phi) is 4.23. The highest BCUT2D eigenvalue weighted by atomic mass is 16.3. The van der Waals surface area contributed by atoms with Crippen molar-refractivity contribution in [1.82, 2.24) is 5.32 Å². The van der Waals surface area contributed by atoms with Crippen molar-refractivity contribution < 1.29 is 9.21 Å². The van der Waals surface area contributed by atoms with Gasteiger partial charge < -0.3 is 9.73 Å². The van der Waals surface area contributed by atoms with Crippen LogP contribution in [-0.2, 0) is 11.2 Å². The Balaban J connectivity index is 2.12. The van der Waals surface area contributed by atoms with Crippen LogP contribution in [0, 0.1) is 5.92 Å². The lowest BCUT2D eigenvalue weighted by atomic mass is 10.1. The molecule has 1 amide bonds. The summed E-state index contributed by atoms with van der Waals surface area (Å²) in [6.45, 7) is 4.76. The van der Waals surface area contributed by atoms with Crippen LogP contribution in [0.15, 0.2) is 23.0 Å². The van der Waals surface area contributed by atoms with Gasteiger partial charge in [0, 0.05) is 13.0 Å². The smallest absolute Gasteiger partial charge is 0.220 e. The number of nitrogens with one attached hydrogen (secondary N) is 1. The molecule has 0 aromatic carbocycles. The van der Waals surface area contributed by atoms with Gasteiger partial charge in [-0.05, 0) is 24.0 Å². The van der Waals surface area contributed by atoms with E-state index in [2.05, 4.69) is 5.32 Å². The molecular formula is C11H17NO2. The van der Waals surface area contributed by atoms with E-state index in [4.69, 9.17) is 4.42 Å². The molecule has 14 heavy (non-hydrogen) atoms. The lowest BCUT2D eigenvalue weighted by Gasteiger charge is -2.05. The lowest BCUT2D eigenvalue weighted by Crippen LogP contribution is -2.26. The monoisotopic (exact) mass is 195 g/mol. The molecule has 1 rings (SSSR count). The van der Waals surface area contributed by atoms with Crippen molar-refractivity contribution in [3.05, 3.63) is 24.2 Å². The number of carbonyl (C=O) groups excluding carboxylic acids is 1. The summed E-state index contributed by atoms with van der Waals surface area (Å²) in [5.74, 6) is 0.549. The molecular weight excluding hydrogens is 178 g/mol. The van der Waals surface area contributed by atoms with Gasteiger partial charge in [0.15, 0.2) is 0 Å². The molecule has 0 atom stereocenters. The van der Waals surface area contributed by atoms with Gasteiger partial charge in [0.2, 0.25) is 5.91 Å². The number of hydrogen-bond donors (Lipinski definition) is 1. The van der Waals surface area contributed by atoms with Crippen molar-refractivity contribution in [2.75, 3.05) is 6.54 Å². The lowest BCUT2D eigenvalue weighted by molar-refractivity contribution is -0.121. The van der Waals surface area contributed by atoms with E-state index in [0.717, 1.165) is 12.0 Å². The van der Waals surface area contributed by atoms with Crippen molar-refractivity contribution in [2.45, 2.75) is 26.7 Å². The standard InChI is InChI=1S/C11H17NO2/c1-9(2)7-11(13)12-5-3-10-4-6-14-8-10/h4,6,8-9H,3,5,7H2,1-2H3,(H,12,13). The molecule has 0 saturated heterocycles. The fraction of sp³-hybridized carbons (Fsp3) is 0.545. The van der Waals surface area contributed by atoms with E-state index in [1.54, 1.807) is 12.5 Å². The molecule has 1 N–H and O–H groups in total. The van der Waals surface area contributed by atoms with Crippen LogP contribution in [0.1, 0.15) is 25.8 Å². The minimum absolute atomic E-state index is 0.128. The van der Waals surface area contributed by atoms with Crippen molar-refractivity contribution in [3.8, 4) is 0 Å². The third-order valence-electron chi connectivity index (χ3n) is 1.91. The molecule has 3 heteroatoms. The molecule has 0 saturated carbocycles. The van der Waals surface area contributed by atoms with E-state index < -0.39 is 0 Å². The van der Waals surface area contributed by atoms with Gasteiger partial charge in [-0.1, -0.05) is 13.8 Å². The number of rotatable bonds is 5. The van der Waals surface area contributed by atoms with Crippen LogP contribution >= 0.6 is 0 Å². The molecule has 0 spiro atoms. The summed E-state index contributed by atoms with van der Waals surface area (Å²) in [7, 11) is 0. The van der Waals surface area contributed by atoms with E-state index in [-0.39, 0.29) is 5.91 Å². The van der Waals surface area contributed by atoms with Crippen molar-refractivity contribution in [3.63, 3.8) is 0 Å². The van der Waals surface area contributed by atoms with Crippen LogP contribution in [0.3, 0.4) is 0 Å². The van der Waals surface area contributed by atoms with Crippen LogP contribution in [-0.4, -0.2) is 12.5 Å². The number of amides is 1. The van der Waals surface area contributed by atoms with Crippen molar-refractivity contribution >= 4 is 5.91 Å². The highest BCUT2D eigenvalue weighted by Crippen LogP contribution is 2.01. The SMILES string of the molecule is CC(C)CC(=O)NCCc1ccoc1. The molecule has 1 aromatic heterocycles. The van der Waals surface area contributed by atoms with E-state index in [1.165, 1.54) is 0 Å². The van der Waals surface area contributed by atoms with Crippen LogP contribution in [0.25, 0.3) is 0 Å². The quantitative estimate of drug-likeness (QED) is 0.780. The Bertz CT molecular complexity index is 265. The molecule has 0 aliphatic heterocycles. The highest BCUT2D eigenvalue weighted by Gasteiger charge is 2.03. The third kappa shape index (κ3) is 4.12. The Morgan fingerprint density at radius 3 is 2.93 bits per heavy atom. The first-order valence-electron chi connectivity index (χ1n) is 4.96. The maximum absolute atomic E-state index is 11.2. The van der Waals surface area contributed by atoms with Gasteiger partial charge in [-0.3, -0.25) is 4.79 Å². The van der Waals surface area contributed by atoms with Gasteiger partial charge in [0.25, 0.3) is 0 Å². The van der Waals surface area contributed by atoms with Gasteiger partial charge in [-0.25, -0.2) is 0 Å². The molecule has 0 bridgehead atoms. The van der Waals surface area contributed by atoms with E-state index in [1.807, 2.05) is 19.9 Å². The second kappa shape index (κ2) is 5.47. The van der Waals surface area contributed by atoms with Crippen LogP contribution in [0.4, 0.5) is 0 Å². The summed E-state index contributed by atoms with van der Waals surface area (Å²) in [6, 6.07) is 1.91. The van der Waals surface area contributed by atoms with Crippen LogP contribution in [0.5, 0.6) is 0 Å². The second-order valence-electron chi connectivity index (χ2n) is 3.83. The van der Waals surface area contributed by atoms with Gasteiger partial charge in [-0.15, -0.1) is 0 Å². The average molecular weight is 195 g/mol. The van der Waals surface area contributed by atoms with Crippen molar-refractivity contribution in [1.29, 1.82) is 0 Å². The molecule has 0 radical (unpaired) electrons. The summed E-state index contributed by atoms with van der Waals surface area (Å²) < 4.78 is 4.92. The first-order valence-corrected chi connectivity index (χ1v) is 4.96. The van der Waals surface area contributed by atoms with Gasteiger partial charge in [-0.2, -0.15) is 0 Å². The Morgan fingerprint density at radius 1 is 1.57 bits per heavy atom. The summed E-state index contributed by atoms with van der Waals surface area (Å²) in [4.78, 5) is 11.2. The molecule has 1 heterocycles. The van der Waals surface area contributed by atoms with Crippen LogP contribution < -0.4 is 5.32 Å². The largest absolute Gasteiger partial charge is 0.472 e. The molecule has 0 unspecified atom stereocenters. The maximum atomic E-state index is 11.2. The first kappa shape index (κ1) is 10.8. The summed E-state index contributed by atoms with van der Waals surface area (Å²) in [5, 5.41) is 2.87. The third-order valence-corrected chi connectivity index (χ3v) is 1.91. The maximum Gasteiger partial charge on any atom is 0.220 e. The van der Waals surface area contributed by atoms with Gasteiger partial charge in [0.05, 0.1) is 12.5 Å². The highest BCUT2D eigenvalue weighted by molar-refractivity contribution is 5.76. The van der Waals surface area contributed by atoms with Crippen molar-refractivity contribution in [2.24, 2.45) is 5.92 Å². The zero-order chi connectivity index (χ0) is 10.4. The fourth-order valence-electron chi connectivity index (χ4n) is 1.22. The van der Waals surface area contributed by atoms with Gasteiger partial charge in [0.1, 0.15) is 0 Å². The second-order valence-corrected chi connectivity index (χ2v) is 3.83. The summed E-state index contributed by atoms with van der Waals surface area (Å²) >= 11 is 0. The number of hydrogen-bond acceptors (Lipinski definition) is 2. The first-order chi connectivity index (χ1) is 6.68. The van der Waals surface area contributed by atoms with Crippen LogP contribution in [0.2, 0.25) is 0 Å². The predicted octanol–water partition coefficient (Wildman–Crippen LogP) is 1.98. The van der Waals surface area contributed by atoms with Gasteiger partial charge >= 0.3 is 0 Å². The Morgan fingerprint density at radius 2 is 2.36 bits per heavy atom. The zero-order valence-corrected chi connectivity index (χ0v) is 8.75. The Labute approximate surface area is 84.5 Å². The predicted molar refractivity (Wildman–Crippen MR) is 54.9 cm³/mol. The minimum Gasteiger partial charge on any atom is -0.472 e. The van der Waals surface area contributed by atoms with E-state index >= 15 is 0 Å². The van der Waals surface area contributed by atoms with E-state index in [0.29, 0.717) is 18.9 Å². The zero-order valence-electron chi connectivity index (χ0n) is 8.75. The molecule has 3 nitrogen and oxygen atoms in total. The molecule has 0 aliphatic rings. The average Bonchev–Trinajstić information content (AvgIpc) is 2.55.